The van der Waals surface area contributed by atoms with Gasteiger partial charge in [0, 0.05) is 24.2 Å². The van der Waals surface area contributed by atoms with E-state index in [2.05, 4.69) is 17.3 Å². The van der Waals surface area contributed by atoms with Crippen molar-refractivity contribution in [3.05, 3.63) is 29.6 Å². The van der Waals surface area contributed by atoms with Crippen LogP contribution in [0.2, 0.25) is 0 Å². The first-order valence-electron chi connectivity index (χ1n) is 7.95. The lowest BCUT2D eigenvalue weighted by Gasteiger charge is -2.47. The molecule has 1 N–H and O–H groups in total. The third-order valence-electron chi connectivity index (χ3n) is 5.10. The number of piperidine rings is 2. The highest BCUT2D eigenvalue weighted by atomic mass is 19.1. The van der Waals surface area contributed by atoms with Crippen molar-refractivity contribution in [3.63, 3.8) is 0 Å². The molecule has 0 radical (unpaired) electrons. The zero-order valence-electron chi connectivity index (χ0n) is 13.1. The van der Waals surface area contributed by atoms with Gasteiger partial charge in [0.1, 0.15) is 11.6 Å². The molecule has 3 rings (SSSR count). The summed E-state index contributed by atoms with van der Waals surface area (Å²) in [4.78, 5) is 14.8. The highest BCUT2D eigenvalue weighted by Crippen LogP contribution is 2.32. The second-order valence-corrected chi connectivity index (χ2v) is 6.39. The summed E-state index contributed by atoms with van der Waals surface area (Å²) < 4.78 is 18.9. The van der Waals surface area contributed by atoms with E-state index in [1.807, 2.05) is 0 Å². The fourth-order valence-corrected chi connectivity index (χ4v) is 3.80. The van der Waals surface area contributed by atoms with Gasteiger partial charge in [-0.3, -0.25) is 4.79 Å². The number of benzene rings is 1. The highest BCUT2D eigenvalue weighted by Gasteiger charge is 2.36. The fourth-order valence-electron chi connectivity index (χ4n) is 3.80. The Hall–Kier alpha value is -1.62. The molecule has 4 nitrogen and oxygen atoms in total. The second kappa shape index (κ2) is 6.24. The molecular weight excluding hydrogens is 283 g/mol. The Morgan fingerprint density at radius 1 is 1.32 bits per heavy atom. The first kappa shape index (κ1) is 15.3. The lowest BCUT2D eigenvalue weighted by molar-refractivity contribution is 0.0462. The van der Waals surface area contributed by atoms with Gasteiger partial charge in [-0.25, -0.2) is 4.39 Å². The molecule has 2 heterocycles. The number of nitrogens with one attached hydrogen (secondary N) is 1. The van der Waals surface area contributed by atoms with Crippen molar-refractivity contribution in [1.82, 2.24) is 10.2 Å². The lowest BCUT2D eigenvalue weighted by atomic mass is 9.82. The van der Waals surface area contributed by atoms with Crippen LogP contribution in [0.25, 0.3) is 0 Å². The second-order valence-electron chi connectivity index (χ2n) is 6.39. The fraction of sp³-hybridized carbons (Fsp3) is 0.588. The van der Waals surface area contributed by atoms with Crippen molar-refractivity contribution in [1.29, 1.82) is 0 Å². The monoisotopic (exact) mass is 306 g/mol. The van der Waals surface area contributed by atoms with Crippen molar-refractivity contribution in [2.24, 2.45) is 0 Å². The number of nitrogens with zero attached hydrogens (tertiary/aromatic N) is 1. The molecule has 2 atom stereocenters. The molecule has 2 fully saturated rings. The van der Waals surface area contributed by atoms with Crippen LogP contribution in [0.3, 0.4) is 0 Å². The predicted octanol–water partition coefficient (Wildman–Crippen LogP) is 2.58. The molecule has 1 aromatic rings. The smallest absolute Gasteiger partial charge is 0.254 e. The molecule has 22 heavy (non-hydrogen) atoms. The van der Waals surface area contributed by atoms with Crippen molar-refractivity contribution in [2.75, 3.05) is 14.2 Å². The van der Waals surface area contributed by atoms with Crippen molar-refractivity contribution in [3.8, 4) is 5.75 Å². The van der Waals surface area contributed by atoms with E-state index in [1.165, 1.54) is 38.5 Å². The van der Waals surface area contributed by atoms with Gasteiger partial charge in [-0.05, 0) is 44.9 Å². The van der Waals surface area contributed by atoms with Crippen LogP contribution in [0, 0.1) is 5.82 Å². The molecule has 0 aromatic heterocycles. The lowest BCUT2D eigenvalue weighted by Crippen LogP contribution is -2.55. The van der Waals surface area contributed by atoms with Crippen molar-refractivity contribution < 1.29 is 13.9 Å². The number of hydrogen-bond donors (Lipinski definition) is 1. The molecule has 0 saturated carbocycles. The third kappa shape index (κ3) is 2.95. The summed E-state index contributed by atoms with van der Waals surface area (Å²) in [6.45, 7) is 0. The molecule has 5 heteroatoms. The van der Waals surface area contributed by atoms with Gasteiger partial charge in [-0.2, -0.15) is 0 Å². The van der Waals surface area contributed by atoms with Crippen LogP contribution in [0.1, 0.15) is 42.5 Å². The maximum absolute atomic E-state index is 14.0. The van der Waals surface area contributed by atoms with Crippen LogP contribution < -0.4 is 10.1 Å². The van der Waals surface area contributed by atoms with Gasteiger partial charge in [0.2, 0.25) is 0 Å². The van der Waals surface area contributed by atoms with E-state index in [4.69, 9.17) is 4.74 Å². The third-order valence-corrected chi connectivity index (χ3v) is 5.10. The van der Waals surface area contributed by atoms with Crippen LogP contribution in [0.15, 0.2) is 18.2 Å². The molecule has 2 bridgehead atoms. The zero-order valence-corrected chi connectivity index (χ0v) is 13.1. The van der Waals surface area contributed by atoms with E-state index in [0.29, 0.717) is 17.8 Å². The van der Waals surface area contributed by atoms with Gasteiger partial charge in [-0.15, -0.1) is 0 Å². The number of carbonyl (C=O) groups excluding carboxylic acids is 1. The predicted molar refractivity (Wildman–Crippen MR) is 82.6 cm³/mol. The number of rotatable bonds is 3. The van der Waals surface area contributed by atoms with Crippen LogP contribution in [0.4, 0.5) is 4.39 Å². The van der Waals surface area contributed by atoms with Crippen LogP contribution >= 0.6 is 0 Å². The summed E-state index contributed by atoms with van der Waals surface area (Å²) >= 11 is 0. The molecule has 2 saturated heterocycles. The van der Waals surface area contributed by atoms with Crippen LogP contribution in [-0.2, 0) is 0 Å². The maximum atomic E-state index is 14.0. The summed E-state index contributed by atoms with van der Waals surface area (Å²) in [5, 5.41) is 3.02. The topological polar surface area (TPSA) is 41.6 Å². The summed E-state index contributed by atoms with van der Waals surface area (Å²) in [6, 6.07) is 5.57. The summed E-state index contributed by atoms with van der Waals surface area (Å²) in [5.74, 6) is -0.444. The summed E-state index contributed by atoms with van der Waals surface area (Å²) in [5.41, 5.74) is 0.0879. The van der Waals surface area contributed by atoms with E-state index in [1.54, 1.807) is 6.07 Å². The van der Waals surface area contributed by atoms with Crippen LogP contribution in [-0.4, -0.2) is 43.1 Å². The SMILES string of the molecule is COc1ccc(C(=O)NC2CC3CCCC(C2)N3C)c(F)c1. The Balaban J connectivity index is 1.67. The van der Waals surface area contributed by atoms with E-state index >= 15 is 0 Å². The summed E-state index contributed by atoms with van der Waals surface area (Å²) in [6.07, 6.45) is 5.56. The number of hydrogen-bond acceptors (Lipinski definition) is 3. The molecule has 120 valence electrons. The average Bonchev–Trinajstić information content (AvgIpc) is 2.48. The average molecular weight is 306 g/mol. The van der Waals surface area contributed by atoms with Gasteiger partial charge in [-0.1, -0.05) is 6.42 Å². The minimum Gasteiger partial charge on any atom is -0.497 e. The number of carbonyl (C=O) groups is 1. The van der Waals surface area contributed by atoms with Gasteiger partial charge in [0.25, 0.3) is 5.91 Å². The van der Waals surface area contributed by atoms with Gasteiger partial charge in [0.05, 0.1) is 12.7 Å². The number of methoxy groups -OCH3 is 1. The minimum absolute atomic E-state index is 0.0879. The number of ether oxygens (including phenoxy) is 1. The molecule has 1 aromatic carbocycles. The first-order chi connectivity index (χ1) is 10.6. The van der Waals surface area contributed by atoms with E-state index in [9.17, 15) is 9.18 Å². The van der Waals surface area contributed by atoms with E-state index in [-0.39, 0.29) is 17.5 Å². The number of amides is 1. The van der Waals surface area contributed by atoms with Gasteiger partial charge < -0.3 is 15.0 Å². The standard InChI is InChI=1S/C17H23FN2O2/c1-20-12-4-3-5-13(20)9-11(8-12)19-17(21)15-7-6-14(22-2)10-16(15)18/h6-7,10-13H,3-5,8-9H2,1-2H3,(H,19,21). The Morgan fingerprint density at radius 2 is 2.00 bits per heavy atom. The van der Waals surface area contributed by atoms with E-state index < -0.39 is 5.82 Å². The minimum atomic E-state index is -0.537. The van der Waals surface area contributed by atoms with Crippen molar-refractivity contribution >= 4 is 5.91 Å². The molecule has 0 aliphatic carbocycles. The van der Waals surface area contributed by atoms with Crippen LogP contribution in [0.5, 0.6) is 5.75 Å². The van der Waals surface area contributed by atoms with E-state index in [0.717, 1.165) is 12.8 Å². The molecule has 2 aliphatic rings. The molecule has 1 amide bonds. The number of halogens is 1. The maximum Gasteiger partial charge on any atom is 0.254 e. The van der Waals surface area contributed by atoms with Crippen molar-refractivity contribution in [2.45, 2.75) is 50.2 Å². The molecule has 0 spiro atoms. The molecule has 2 unspecified atom stereocenters. The Morgan fingerprint density at radius 3 is 2.59 bits per heavy atom. The Labute approximate surface area is 130 Å². The summed E-state index contributed by atoms with van der Waals surface area (Å²) in [7, 11) is 3.65. The first-order valence-corrected chi connectivity index (χ1v) is 7.95. The van der Waals surface area contributed by atoms with Gasteiger partial charge in [0.15, 0.2) is 0 Å². The highest BCUT2D eigenvalue weighted by molar-refractivity contribution is 5.94. The Bertz CT molecular complexity index is 550. The number of fused-ring (bicyclic) bond motifs is 2. The van der Waals surface area contributed by atoms with Gasteiger partial charge >= 0.3 is 0 Å². The quantitative estimate of drug-likeness (QED) is 0.933. The zero-order chi connectivity index (χ0) is 15.7. The Kier molecular flexibility index (Phi) is 4.34. The molecular formula is C17H23FN2O2. The molecule has 2 aliphatic heterocycles. The largest absolute Gasteiger partial charge is 0.497 e. The normalized spacial score (nSPS) is 28.2.